The third-order valence-electron chi connectivity index (χ3n) is 2.55. The first kappa shape index (κ1) is 9.04. The molecule has 0 bridgehead atoms. The Kier molecular flexibility index (Phi) is 1.93. The van der Waals surface area contributed by atoms with Gasteiger partial charge in [0.2, 0.25) is 0 Å². The molecule has 0 saturated heterocycles. The Labute approximate surface area is 93.4 Å². The molecule has 2 nitrogen and oxygen atoms in total. The predicted octanol–water partition coefficient (Wildman–Crippen LogP) is 3.67. The van der Waals surface area contributed by atoms with E-state index in [1.54, 1.807) is 18.2 Å². The van der Waals surface area contributed by atoms with Gasteiger partial charge in [-0.1, -0.05) is 24.3 Å². The number of aromatic hydroxyl groups is 1. The smallest absolute Gasteiger partial charge is 0.131 e. The summed E-state index contributed by atoms with van der Waals surface area (Å²) in [6, 6.07) is 12.7. The molecule has 1 N–H and O–H groups in total. The minimum Gasteiger partial charge on any atom is -0.508 e. The topological polar surface area (TPSA) is 29.5 Å². The first-order valence-electron chi connectivity index (χ1n) is 5.10. The van der Waals surface area contributed by atoms with Crippen LogP contribution in [0.3, 0.4) is 0 Å². The van der Waals surface area contributed by atoms with E-state index in [-0.39, 0.29) is 5.75 Å². The van der Waals surface area contributed by atoms with E-state index >= 15 is 0 Å². The van der Waals surface area contributed by atoms with E-state index in [0.717, 1.165) is 5.75 Å². The minimum absolute atomic E-state index is 0.210. The summed E-state index contributed by atoms with van der Waals surface area (Å²) in [4.78, 5) is 0. The molecule has 3 rings (SSSR count). The summed E-state index contributed by atoms with van der Waals surface area (Å²) in [5.41, 5.74) is 2.43. The molecule has 0 aliphatic heterocycles. The zero-order valence-corrected chi connectivity index (χ0v) is 8.55. The van der Waals surface area contributed by atoms with Crippen molar-refractivity contribution >= 4 is 12.2 Å². The SMILES string of the molecule is Oc1cccc(Oc2ccc3c(c2)C=C3)c1. The van der Waals surface area contributed by atoms with E-state index in [1.165, 1.54) is 11.1 Å². The number of hydrogen-bond donors (Lipinski definition) is 1. The van der Waals surface area contributed by atoms with Gasteiger partial charge in [-0.05, 0) is 35.4 Å². The van der Waals surface area contributed by atoms with Crippen LogP contribution in [0.5, 0.6) is 17.2 Å². The molecule has 0 aromatic heterocycles. The summed E-state index contributed by atoms with van der Waals surface area (Å²) < 4.78 is 5.64. The Bertz CT molecular complexity index is 571. The Morgan fingerprint density at radius 2 is 1.62 bits per heavy atom. The fourth-order valence-electron chi connectivity index (χ4n) is 1.68. The highest BCUT2D eigenvalue weighted by Crippen LogP contribution is 2.30. The fourth-order valence-corrected chi connectivity index (χ4v) is 1.68. The number of benzene rings is 2. The van der Waals surface area contributed by atoms with Crippen LogP contribution in [0.1, 0.15) is 11.1 Å². The number of phenols is 1. The van der Waals surface area contributed by atoms with Crippen LogP contribution >= 0.6 is 0 Å². The molecule has 1 aliphatic carbocycles. The lowest BCUT2D eigenvalue weighted by Crippen LogP contribution is -1.91. The molecule has 2 aromatic rings. The molecule has 16 heavy (non-hydrogen) atoms. The van der Waals surface area contributed by atoms with Gasteiger partial charge in [-0.2, -0.15) is 0 Å². The van der Waals surface area contributed by atoms with E-state index in [2.05, 4.69) is 6.08 Å². The lowest BCUT2D eigenvalue weighted by molar-refractivity contribution is 0.455. The number of phenolic OH excluding ortho intramolecular Hbond substituents is 1. The highest BCUT2D eigenvalue weighted by Gasteiger charge is 2.06. The second-order valence-corrected chi connectivity index (χ2v) is 3.72. The molecule has 2 heteroatoms. The first-order valence-corrected chi connectivity index (χ1v) is 5.10. The van der Waals surface area contributed by atoms with Gasteiger partial charge in [0.05, 0.1) is 0 Å². The summed E-state index contributed by atoms with van der Waals surface area (Å²) in [6.45, 7) is 0. The molecule has 0 unspecified atom stereocenters. The van der Waals surface area contributed by atoms with Gasteiger partial charge in [0.25, 0.3) is 0 Å². The average molecular weight is 210 g/mol. The second kappa shape index (κ2) is 3.42. The van der Waals surface area contributed by atoms with Gasteiger partial charge in [-0.15, -0.1) is 0 Å². The van der Waals surface area contributed by atoms with Crippen molar-refractivity contribution in [3.8, 4) is 17.2 Å². The fraction of sp³-hybridized carbons (Fsp3) is 0. The van der Waals surface area contributed by atoms with E-state index in [4.69, 9.17) is 4.74 Å². The van der Waals surface area contributed by atoms with Gasteiger partial charge in [0.15, 0.2) is 0 Å². The van der Waals surface area contributed by atoms with Crippen LogP contribution in [-0.2, 0) is 0 Å². The zero-order valence-electron chi connectivity index (χ0n) is 8.55. The number of hydrogen-bond acceptors (Lipinski definition) is 2. The Morgan fingerprint density at radius 3 is 2.31 bits per heavy atom. The van der Waals surface area contributed by atoms with E-state index in [1.807, 2.05) is 30.3 Å². The summed E-state index contributed by atoms with van der Waals surface area (Å²) in [5, 5.41) is 9.31. The second-order valence-electron chi connectivity index (χ2n) is 3.72. The Hall–Kier alpha value is -2.22. The maximum Gasteiger partial charge on any atom is 0.131 e. The first-order chi connectivity index (χ1) is 7.81. The van der Waals surface area contributed by atoms with Crippen molar-refractivity contribution in [3.05, 3.63) is 53.6 Å². The van der Waals surface area contributed by atoms with Gasteiger partial charge in [-0.3, -0.25) is 0 Å². The van der Waals surface area contributed by atoms with Crippen molar-refractivity contribution in [1.29, 1.82) is 0 Å². The molecule has 0 heterocycles. The summed E-state index contributed by atoms with van der Waals surface area (Å²) in [5.74, 6) is 1.64. The maximum absolute atomic E-state index is 9.31. The minimum atomic E-state index is 0.210. The van der Waals surface area contributed by atoms with E-state index in [0.29, 0.717) is 5.75 Å². The van der Waals surface area contributed by atoms with Crippen molar-refractivity contribution in [2.24, 2.45) is 0 Å². The average Bonchev–Trinajstić information content (AvgIpc) is 2.22. The highest BCUT2D eigenvalue weighted by atomic mass is 16.5. The molecule has 0 amide bonds. The Morgan fingerprint density at radius 1 is 0.812 bits per heavy atom. The van der Waals surface area contributed by atoms with Crippen molar-refractivity contribution in [1.82, 2.24) is 0 Å². The molecule has 1 aliphatic rings. The van der Waals surface area contributed by atoms with Crippen molar-refractivity contribution in [3.63, 3.8) is 0 Å². The van der Waals surface area contributed by atoms with Crippen LogP contribution < -0.4 is 4.74 Å². The molecule has 78 valence electrons. The zero-order chi connectivity index (χ0) is 11.0. The van der Waals surface area contributed by atoms with E-state index in [9.17, 15) is 5.11 Å². The largest absolute Gasteiger partial charge is 0.508 e. The summed E-state index contributed by atoms with van der Waals surface area (Å²) in [6.07, 6.45) is 4.11. The Balaban J connectivity index is 1.87. The maximum atomic E-state index is 9.31. The summed E-state index contributed by atoms with van der Waals surface area (Å²) >= 11 is 0. The van der Waals surface area contributed by atoms with Crippen LogP contribution in [0.15, 0.2) is 42.5 Å². The van der Waals surface area contributed by atoms with Crippen LogP contribution in [0.25, 0.3) is 12.2 Å². The molecule has 0 atom stereocenters. The van der Waals surface area contributed by atoms with Crippen molar-refractivity contribution in [2.75, 3.05) is 0 Å². The normalized spacial score (nSPS) is 11.8. The monoisotopic (exact) mass is 210 g/mol. The highest BCUT2D eigenvalue weighted by molar-refractivity contribution is 5.86. The van der Waals surface area contributed by atoms with Crippen LogP contribution in [0.4, 0.5) is 0 Å². The van der Waals surface area contributed by atoms with Gasteiger partial charge in [-0.25, -0.2) is 0 Å². The van der Waals surface area contributed by atoms with Gasteiger partial charge in [0.1, 0.15) is 17.2 Å². The van der Waals surface area contributed by atoms with Gasteiger partial charge in [0, 0.05) is 6.07 Å². The van der Waals surface area contributed by atoms with Gasteiger partial charge < -0.3 is 9.84 Å². The molecular weight excluding hydrogens is 200 g/mol. The number of ether oxygens (including phenoxy) is 1. The number of fused-ring (bicyclic) bond motifs is 1. The standard InChI is InChI=1S/C14H10O2/c15-12-2-1-3-13(9-12)16-14-7-6-10-4-5-11(10)8-14/h1-9,15H. The summed E-state index contributed by atoms with van der Waals surface area (Å²) in [7, 11) is 0. The molecule has 0 fully saturated rings. The molecule has 2 aromatic carbocycles. The van der Waals surface area contributed by atoms with Crippen LogP contribution in [-0.4, -0.2) is 5.11 Å². The third-order valence-corrected chi connectivity index (χ3v) is 2.55. The number of rotatable bonds is 2. The molecule has 0 saturated carbocycles. The van der Waals surface area contributed by atoms with Crippen LogP contribution in [0.2, 0.25) is 0 Å². The molecular formula is C14H10O2. The quantitative estimate of drug-likeness (QED) is 0.699. The third kappa shape index (κ3) is 1.54. The van der Waals surface area contributed by atoms with Crippen molar-refractivity contribution < 1.29 is 9.84 Å². The lowest BCUT2D eigenvalue weighted by atomic mass is 9.98. The van der Waals surface area contributed by atoms with Gasteiger partial charge >= 0.3 is 0 Å². The lowest BCUT2D eigenvalue weighted by Gasteiger charge is -2.12. The van der Waals surface area contributed by atoms with Crippen LogP contribution in [0, 0.1) is 0 Å². The predicted molar refractivity (Wildman–Crippen MR) is 63.6 cm³/mol. The van der Waals surface area contributed by atoms with E-state index < -0.39 is 0 Å². The molecule has 0 radical (unpaired) electrons. The van der Waals surface area contributed by atoms with Crippen molar-refractivity contribution in [2.45, 2.75) is 0 Å². The molecule has 0 spiro atoms.